The second kappa shape index (κ2) is 10.3. The fourth-order valence-corrected chi connectivity index (χ4v) is 6.15. The van der Waals surface area contributed by atoms with Crippen LogP contribution in [-0.2, 0) is 6.54 Å². The smallest absolute Gasteiger partial charge is 0.269 e. The molecule has 39 heavy (non-hydrogen) atoms. The van der Waals surface area contributed by atoms with Gasteiger partial charge >= 0.3 is 0 Å². The molecule has 0 spiro atoms. The summed E-state index contributed by atoms with van der Waals surface area (Å²) in [4.78, 5) is 32.0. The molecule has 1 atom stereocenters. The van der Waals surface area contributed by atoms with Gasteiger partial charge in [0.15, 0.2) is 5.75 Å². The van der Waals surface area contributed by atoms with Crippen molar-refractivity contribution in [3.05, 3.63) is 112 Å². The lowest BCUT2D eigenvalue weighted by Crippen LogP contribution is -2.33. The van der Waals surface area contributed by atoms with Crippen LogP contribution in [0.25, 0.3) is 22.4 Å². The molecule has 0 saturated heterocycles. The zero-order chi connectivity index (χ0) is 26.9. The minimum Gasteiger partial charge on any atom is -0.505 e. The highest BCUT2D eigenvalue weighted by Crippen LogP contribution is 2.50. The number of hydrogen-bond acceptors (Lipinski definition) is 5. The quantitative estimate of drug-likeness (QED) is 0.213. The van der Waals surface area contributed by atoms with E-state index in [1.165, 1.54) is 18.6 Å². The average Bonchev–Trinajstić information content (AvgIpc) is 3.24. The number of amides is 1. The first-order chi connectivity index (χ1) is 19.0. The van der Waals surface area contributed by atoms with Gasteiger partial charge in [-0.05, 0) is 42.0 Å². The molecule has 7 nitrogen and oxygen atoms in total. The Bertz CT molecular complexity index is 1520. The molecule has 1 saturated carbocycles. The number of benzene rings is 3. The van der Waals surface area contributed by atoms with Gasteiger partial charge < -0.3 is 10.0 Å². The molecule has 1 aliphatic heterocycles. The first-order valence-corrected chi connectivity index (χ1v) is 13.4. The Morgan fingerprint density at radius 3 is 2.13 bits per heavy atom. The van der Waals surface area contributed by atoms with Crippen molar-refractivity contribution in [2.24, 2.45) is 5.92 Å². The first-order valence-electron chi connectivity index (χ1n) is 13.4. The predicted molar refractivity (Wildman–Crippen MR) is 149 cm³/mol. The van der Waals surface area contributed by atoms with E-state index in [0.717, 1.165) is 36.8 Å². The highest BCUT2D eigenvalue weighted by atomic mass is 16.6. The van der Waals surface area contributed by atoms with Crippen LogP contribution in [0.1, 0.15) is 59.8 Å². The molecule has 0 radical (unpaired) electrons. The molecule has 196 valence electrons. The summed E-state index contributed by atoms with van der Waals surface area (Å²) in [5, 5.41) is 22.9. The van der Waals surface area contributed by atoms with Gasteiger partial charge in [0, 0.05) is 29.8 Å². The molecule has 2 aliphatic rings. The molecular formula is C32H29N3O4. The lowest BCUT2D eigenvalue weighted by molar-refractivity contribution is -0.384. The second-order valence-electron chi connectivity index (χ2n) is 10.4. The third-order valence-corrected chi connectivity index (χ3v) is 8.00. The van der Waals surface area contributed by atoms with Gasteiger partial charge in [-0.25, -0.2) is 4.98 Å². The van der Waals surface area contributed by atoms with Crippen molar-refractivity contribution in [3.8, 4) is 28.1 Å². The monoisotopic (exact) mass is 519 g/mol. The fourth-order valence-electron chi connectivity index (χ4n) is 6.15. The Hall–Kier alpha value is -4.52. The van der Waals surface area contributed by atoms with Crippen LogP contribution in [0, 0.1) is 16.0 Å². The topological polar surface area (TPSA) is 96.6 Å². The summed E-state index contributed by atoms with van der Waals surface area (Å²) < 4.78 is 0. The summed E-state index contributed by atoms with van der Waals surface area (Å²) >= 11 is 0. The number of nitro groups is 1. The largest absolute Gasteiger partial charge is 0.505 e. The summed E-state index contributed by atoms with van der Waals surface area (Å²) in [7, 11) is 0. The van der Waals surface area contributed by atoms with Crippen LogP contribution in [-0.4, -0.2) is 25.8 Å². The number of pyridine rings is 1. The molecule has 1 amide bonds. The molecule has 1 aromatic heterocycles. The van der Waals surface area contributed by atoms with E-state index >= 15 is 0 Å². The molecule has 1 unspecified atom stereocenters. The highest BCUT2D eigenvalue weighted by molar-refractivity contribution is 6.07. The minimum absolute atomic E-state index is 0.0352. The van der Waals surface area contributed by atoms with Crippen molar-refractivity contribution in [2.75, 3.05) is 0 Å². The molecule has 2 heterocycles. The van der Waals surface area contributed by atoms with Crippen LogP contribution in [0.3, 0.4) is 0 Å². The van der Waals surface area contributed by atoms with Gasteiger partial charge in [0.25, 0.3) is 11.6 Å². The number of aromatic nitrogens is 1. The normalized spacial score (nSPS) is 17.3. The van der Waals surface area contributed by atoms with Crippen LogP contribution in [0.15, 0.2) is 84.9 Å². The van der Waals surface area contributed by atoms with Crippen molar-refractivity contribution < 1.29 is 14.8 Å². The molecular weight excluding hydrogens is 490 g/mol. The summed E-state index contributed by atoms with van der Waals surface area (Å²) in [6.45, 7) is 0.457. The molecule has 6 rings (SSSR count). The molecule has 7 heteroatoms. The summed E-state index contributed by atoms with van der Waals surface area (Å²) in [5.74, 6) is 0.0467. The van der Waals surface area contributed by atoms with Crippen LogP contribution in [0.5, 0.6) is 5.75 Å². The number of aromatic hydroxyl groups is 1. The van der Waals surface area contributed by atoms with Crippen molar-refractivity contribution in [2.45, 2.75) is 44.7 Å². The Labute approximate surface area is 226 Å². The average molecular weight is 520 g/mol. The third-order valence-electron chi connectivity index (χ3n) is 8.00. The maximum atomic E-state index is 14.3. The maximum Gasteiger partial charge on any atom is 0.269 e. The van der Waals surface area contributed by atoms with E-state index in [1.807, 2.05) is 65.6 Å². The summed E-state index contributed by atoms with van der Waals surface area (Å²) in [6.07, 6.45) is 5.44. The highest BCUT2D eigenvalue weighted by Gasteiger charge is 2.45. The molecule has 1 N–H and O–H groups in total. The van der Waals surface area contributed by atoms with Gasteiger partial charge in [0.05, 0.1) is 22.2 Å². The van der Waals surface area contributed by atoms with Crippen LogP contribution in [0.2, 0.25) is 0 Å². The van der Waals surface area contributed by atoms with Crippen LogP contribution < -0.4 is 0 Å². The van der Waals surface area contributed by atoms with E-state index in [4.69, 9.17) is 4.98 Å². The number of hydrogen-bond donors (Lipinski definition) is 1. The van der Waals surface area contributed by atoms with Gasteiger partial charge in [-0.3, -0.25) is 14.9 Å². The predicted octanol–water partition coefficient (Wildman–Crippen LogP) is 7.31. The van der Waals surface area contributed by atoms with E-state index in [1.54, 1.807) is 12.1 Å². The molecule has 3 aromatic carbocycles. The van der Waals surface area contributed by atoms with Crippen molar-refractivity contribution >= 4 is 11.6 Å². The molecule has 4 aromatic rings. The summed E-state index contributed by atoms with van der Waals surface area (Å²) in [5.41, 5.74) is 4.24. The van der Waals surface area contributed by atoms with Gasteiger partial charge in [0.1, 0.15) is 5.69 Å². The van der Waals surface area contributed by atoms with E-state index in [-0.39, 0.29) is 29.3 Å². The Balaban J connectivity index is 1.57. The van der Waals surface area contributed by atoms with Crippen molar-refractivity contribution in [1.82, 2.24) is 9.88 Å². The molecule has 0 bridgehead atoms. The maximum absolute atomic E-state index is 14.3. The lowest BCUT2D eigenvalue weighted by Gasteiger charge is -2.34. The number of carbonyl (C=O) groups is 1. The van der Waals surface area contributed by atoms with E-state index in [9.17, 15) is 20.0 Å². The minimum atomic E-state index is -0.450. The molecule has 1 aliphatic carbocycles. The number of nitro benzene ring substituents is 1. The van der Waals surface area contributed by atoms with Crippen molar-refractivity contribution in [3.63, 3.8) is 0 Å². The Morgan fingerprint density at radius 1 is 0.846 bits per heavy atom. The van der Waals surface area contributed by atoms with E-state index < -0.39 is 4.92 Å². The zero-order valence-electron chi connectivity index (χ0n) is 21.5. The van der Waals surface area contributed by atoms with E-state index in [0.29, 0.717) is 34.6 Å². The number of nitrogens with zero attached hydrogens (tertiary/aromatic N) is 3. The number of rotatable bonds is 6. The Kier molecular flexibility index (Phi) is 6.57. The zero-order valence-corrected chi connectivity index (χ0v) is 21.5. The Morgan fingerprint density at radius 2 is 1.49 bits per heavy atom. The van der Waals surface area contributed by atoms with E-state index in [2.05, 4.69) is 0 Å². The standard InChI is InChI=1S/C32H29N3O4/c36-31-26(22-12-6-2-7-13-22)27-29(33-28(31)23-16-18-25(19-17-23)35(38)39)30(24-14-8-3-9-15-24)34(32(27)37)20-21-10-4-1-5-11-21/h1-2,4-7,10-13,16-19,24,30,36H,3,8-9,14-15,20H2. The summed E-state index contributed by atoms with van der Waals surface area (Å²) in [6, 6.07) is 25.2. The van der Waals surface area contributed by atoms with Gasteiger partial charge in [-0.1, -0.05) is 79.9 Å². The third kappa shape index (κ3) is 4.54. The SMILES string of the molecule is O=C1c2c(nc(-c3ccc([N+](=O)[O-])cc3)c(O)c2-c2ccccc2)C(C2CCCCC2)N1Cc1ccccc1. The van der Waals surface area contributed by atoms with Crippen LogP contribution in [0.4, 0.5) is 5.69 Å². The van der Waals surface area contributed by atoms with Crippen LogP contribution >= 0.6 is 0 Å². The first kappa shape index (κ1) is 24.8. The second-order valence-corrected chi connectivity index (χ2v) is 10.4. The van der Waals surface area contributed by atoms with Gasteiger partial charge in [-0.2, -0.15) is 0 Å². The number of non-ortho nitro benzene ring substituents is 1. The fraction of sp³-hybridized carbons (Fsp3) is 0.250. The lowest BCUT2D eigenvalue weighted by atomic mass is 9.81. The van der Waals surface area contributed by atoms with Gasteiger partial charge in [0.2, 0.25) is 0 Å². The van der Waals surface area contributed by atoms with Crippen molar-refractivity contribution in [1.29, 1.82) is 0 Å². The number of fused-ring (bicyclic) bond motifs is 1. The number of carbonyl (C=O) groups excluding carboxylic acids is 1. The van der Waals surface area contributed by atoms with Gasteiger partial charge in [-0.15, -0.1) is 0 Å². The molecule has 1 fully saturated rings.